The van der Waals surface area contributed by atoms with Crippen LogP contribution >= 0.6 is 10.5 Å². The first-order valence-electron chi connectivity index (χ1n) is 4.88. The summed E-state index contributed by atoms with van der Waals surface area (Å²) in [4.78, 5) is 1.31. The lowest BCUT2D eigenvalue weighted by atomic mass is 10.1. The molecule has 2 aromatic carbocycles. The smallest absolute Gasteiger partial charge is 0.000895 e. The molecule has 15 heavy (non-hydrogen) atoms. The van der Waals surface area contributed by atoms with E-state index in [2.05, 4.69) is 60.7 Å². The molecule has 1 atom stereocenters. The van der Waals surface area contributed by atoms with Gasteiger partial charge in [0.15, 0.2) is 0 Å². The van der Waals surface area contributed by atoms with Gasteiger partial charge in [0.1, 0.15) is 0 Å². The van der Waals surface area contributed by atoms with Crippen molar-refractivity contribution in [1.82, 2.24) is 0 Å². The lowest BCUT2D eigenvalue weighted by Crippen LogP contribution is -1.77. The summed E-state index contributed by atoms with van der Waals surface area (Å²) in [6.45, 7) is 0. The fourth-order valence-corrected chi connectivity index (χ4v) is 2.11. The summed E-state index contributed by atoms with van der Waals surface area (Å²) in [7, 11) is 0.106. The largest absolute Gasteiger partial charge is 0.165 e. The number of rotatable bonds is 2. The molecule has 0 amide bonds. The Morgan fingerprint density at radius 2 is 1.33 bits per heavy atom. The van der Waals surface area contributed by atoms with Crippen molar-refractivity contribution in [3.05, 3.63) is 54.6 Å². The van der Waals surface area contributed by atoms with Crippen molar-refractivity contribution in [2.45, 2.75) is 4.90 Å². The minimum atomic E-state index is 0.106. The van der Waals surface area contributed by atoms with E-state index in [-0.39, 0.29) is 10.5 Å². The van der Waals surface area contributed by atoms with Gasteiger partial charge in [-0.1, -0.05) is 48.3 Å². The van der Waals surface area contributed by atoms with Crippen LogP contribution in [0.25, 0.3) is 11.1 Å². The van der Waals surface area contributed by atoms with Gasteiger partial charge in [-0.05, 0) is 29.5 Å². The molecule has 1 unspecified atom stereocenters. The Morgan fingerprint density at radius 1 is 0.800 bits per heavy atom. The molecule has 0 aromatic heterocycles. The normalized spacial score (nSPS) is 12.3. The second-order valence-corrected chi connectivity index (χ2v) is 5.27. The second kappa shape index (κ2) is 4.45. The molecular formula is C14H14S. The monoisotopic (exact) mass is 214 g/mol. The lowest BCUT2D eigenvalue weighted by Gasteiger charge is -2.04. The Bertz CT molecular complexity index is 454. The molecule has 0 bridgehead atoms. The average Bonchev–Trinajstić information content (AvgIpc) is 2.30. The average molecular weight is 214 g/mol. The Kier molecular flexibility index (Phi) is 3.02. The van der Waals surface area contributed by atoms with Gasteiger partial charge >= 0.3 is 0 Å². The fourth-order valence-electron chi connectivity index (χ4n) is 1.51. The maximum atomic E-state index is 4.04. The first kappa shape index (κ1) is 10.2. The van der Waals surface area contributed by atoms with Crippen LogP contribution in [0.1, 0.15) is 0 Å². The minimum absolute atomic E-state index is 0.106. The minimum Gasteiger partial charge on any atom is -0.165 e. The molecule has 0 radical (unpaired) electrons. The predicted octanol–water partition coefficient (Wildman–Crippen LogP) is 4.04. The molecule has 0 saturated carbocycles. The van der Waals surface area contributed by atoms with Crippen LogP contribution < -0.4 is 0 Å². The molecule has 0 nitrogen and oxygen atoms in total. The van der Waals surface area contributed by atoms with Crippen LogP contribution in [0.4, 0.5) is 0 Å². The van der Waals surface area contributed by atoms with Crippen LogP contribution in [0, 0.1) is 0 Å². The quantitative estimate of drug-likeness (QED) is 0.662. The third kappa shape index (κ3) is 2.37. The highest BCUT2D eigenvalue weighted by Crippen LogP contribution is 2.25. The second-order valence-electron chi connectivity index (χ2n) is 3.53. The van der Waals surface area contributed by atoms with Crippen LogP contribution in [-0.2, 0) is 0 Å². The van der Waals surface area contributed by atoms with Crippen molar-refractivity contribution in [2.75, 3.05) is 6.26 Å². The summed E-state index contributed by atoms with van der Waals surface area (Å²) in [6, 6.07) is 19.1. The van der Waals surface area contributed by atoms with E-state index < -0.39 is 0 Å². The van der Waals surface area contributed by atoms with Gasteiger partial charge in [-0.3, -0.25) is 0 Å². The molecule has 2 aromatic rings. The maximum Gasteiger partial charge on any atom is 0.000895 e. The zero-order valence-corrected chi connectivity index (χ0v) is 9.63. The summed E-state index contributed by atoms with van der Waals surface area (Å²) < 4.78 is 0. The van der Waals surface area contributed by atoms with Crippen LogP contribution in [0.5, 0.6) is 0 Å². The highest BCUT2D eigenvalue weighted by atomic mass is 32.2. The Morgan fingerprint density at radius 3 is 1.87 bits per heavy atom. The van der Waals surface area contributed by atoms with Gasteiger partial charge in [-0.25, -0.2) is 0 Å². The van der Waals surface area contributed by atoms with E-state index in [4.69, 9.17) is 0 Å². The van der Waals surface area contributed by atoms with E-state index in [1.807, 2.05) is 6.07 Å². The van der Waals surface area contributed by atoms with Gasteiger partial charge in [0, 0.05) is 4.90 Å². The molecule has 0 aliphatic heterocycles. The molecular weight excluding hydrogens is 200 g/mol. The molecule has 76 valence electrons. The molecule has 0 spiro atoms. The topological polar surface area (TPSA) is 0 Å². The van der Waals surface area contributed by atoms with Crippen molar-refractivity contribution in [1.29, 1.82) is 0 Å². The summed E-state index contributed by atoms with van der Waals surface area (Å²) >= 11 is 0. The number of benzene rings is 2. The van der Waals surface area contributed by atoms with Crippen molar-refractivity contribution in [3.63, 3.8) is 0 Å². The molecule has 0 aliphatic rings. The van der Waals surface area contributed by atoms with Gasteiger partial charge < -0.3 is 0 Å². The van der Waals surface area contributed by atoms with E-state index in [1.54, 1.807) is 0 Å². The maximum absolute atomic E-state index is 4.04. The Balaban J connectivity index is 2.36. The van der Waals surface area contributed by atoms with Crippen molar-refractivity contribution in [2.24, 2.45) is 0 Å². The SMILES string of the molecule is C=S(C)c1ccc(-c2ccccc2)cc1. The predicted molar refractivity (Wildman–Crippen MR) is 70.8 cm³/mol. The third-order valence-electron chi connectivity index (χ3n) is 2.36. The van der Waals surface area contributed by atoms with Crippen LogP contribution in [-0.4, -0.2) is 12.1 Å². The summed E-state index contributed by atoms with van der Waals surface area (Å²) in [5, 5.41) is 0. The van der Waals surface area contributed by atoms with Crippen molar-refractivity contribution in [3.8, 4) is 11.1 Å². The number of hydrogen-bond acceptors (Lipinski definition) is 0. The molecule has 0 aliphatic carbocycles. The molecule has 0 N–H and O–H groups in total. The first-order chi connectivity index (χ1) is 7.27. The number of hydrogen-bond donors (Lipinski definition) is 0. The van der Waals surface area contributed by atoms with E-state index >= 15 is 0 Å². The molecule has 0 saturated heterocycles. The summed E-state index contributed by atoms with van der Waals surface area (Å²) in [6.07, 6.45) is 2.14. The molecule has 1 heteroatoms. The zero-order valence-electron chi connectivity index (χ0n) is 8.81. The van der Waals surface area contributed by atoms with E-state index in [0.29, 0.717) is 0 Å². The van der Waals surface area contributed by atoms with Gasteiger partial charge in [0.25, 0.3) is 0 Å². The standard InChI is InChI=1S/C14H14S/c1-15(2)14-10-8-13(9-11-14)12-6-4-3-5-7-12/h3-11H,1H2,2H3. The first-order valence-corrected chi connectivity index (χ1v) is 6.69. The fraction of sp³-hybridized carbons (Fsp3) is 0.0714. The van der Waals surface area contributed by atoms with Gasteiger partial charge in [-0.2, -0.15) is 10.5 Å². The molecule has 2 rings (SSSR count). The molecule has 0 heterocycles. The highest BCUT2D eigenvalue weighted by molar-refractivity contribution is 8.13. The highest BCUT2D eigenvalue weighted by Gasteiger charge is 1.96. The molecule has 0 fully saturated rings. The van der Waals surface area contributed by atoms with Crippen LogP contribution in [0.2, 0.25) is 0 Å². The van der Waals surface area contributed by atoms with E-state index in [1.165, 1.54) is 16.0 Å². The van der Waals surface area contributed by atoms with Crippen molar-refractivity contribution < 1.29 is 0 Å². The van der Waals surface area contributed by atoms with Crippen LogP contribution in [0.3, 0.4) is 0 Å². The van der Waals surface area contributed by atoms with Crippen molar-refractivity contribution >= 4 is 16.4 Å². The van der Waals surface area contributed by atoms with Gasteiger partial charge in [0.2, 0.25) is 0 Å². The van der Waals surface area contributed by atoms with Crippen LogP contribution in [0.15, 0.2) is 59.5 Å². The van der Waals surface area contributed by atoms with Gasteiger partial charge in [-0.15, -0.1) is 0 Å². The Labute approximate surface area is 93.5 Å². The lowest BCUT2D eigenvalue weighted by molar-refractivity contribution is 1.46. The summed E-state index contributed by atoms with van der Waals surface area (Å²) in [5.41, 5.74) is 2.54. The van der Waals surface area contributed by atoms with E-state index in [0.717, 1.165) is 0 Å². The van der Waals surface area contributed by atoms with E-state index in [9.17, 15) is 0 Å². The van der Waals surface area contributed by atoms with Gasteiger partial charge in [0.05, 0.1) is 0 Å². The zero-order chi connectivity index (χ0) is 10.7. The third-order valence-corrected chi connectivity index (χ3v) is 3.44. The Hall–Kier alpha value is -1.34. The summed E-state index contributed by atoms with van der Waals surface area (Å²) in [5.74, 6) is 4.04.